The molecule has 0 aromatic heterocycles. The smallest absolute Gasteiger partial charge is 0.478 e. The summed E-state index contributed by atoms with van der Waals surface area (Å²) in [5.74, 6) is -1.83. The van der Waals surface area contributed by atoms with Crippen LogP contribution >= 0.6 is 22.6 Å². The Morgan fingerprint density at radius 3 is 1.21 bits per heavy atom. The first kappa shape index (κ1) is 47.5. The molecule has 310 valence electrons. The Kier molecular flexibility index (Phi) is 15.7. The fraction of sp³-hybridized carbons (Fsp3) is 0.364. The van der Waals surface area contributed by atoms with Gasteiger partial charge in [0.15, 0.2) is 0 Å². The number of carbonyl (C=O) groups is 4. The Labute approximate surface area is 355 Å². The molecule has 4 aromatic rings. The molecule has 2 amide bonds. The van der Waals surface area contributed by atoms with Gasteiger partial charge in [-0.3, -0.25) is 9.80 Å². The van der Waals surface area contributed by atoms with E-state index in [2.05, 4.69) is 22.6 Å². The lowest BCUT2D eigenvalue weighted by molar-refractivity contribution is 0.00578. The van der Waals surface area contributed by atoms with Gasteiger partial charge in [0, 0.05) is 29.0 Å². The van der Waals surface area contributed by atoms with E-state index in [9.17, 15) is 19.2 Å². The van der Waals surface area contributed by atoms with Crippen LogP contribution in [0.15, 0.2) is 97.1 Å². The van der Waals surface area contributed by atoms with E-state index in [1.165, 1.54) is 9.80 Å². The molecule has 4 aromatic carbocycles. The van der Waals surface area contributed by atoms with Crippen molar-refractivity contribution in [3.05, 3.63) is 112 Å². The van der Waals surface area contributed by atoms with Crippen molar-refractivity contribution in [3.63, 3.8) is 0 Å². The second kappa shape index (κ2) is 19.2. The van der Waals surface area contributed by atoms with Crippen LogP contribution in [0, 0.1) is 3.57 Å². The van der Waals surface area contributed by atoms with Crippen molar-refractivity contribution in [2.45, 2.75) is 91.6 Å². The summed E-state index contributed by atoms with van der Waals surface area (Å²) in [4.78, 5) is 48.3. The van der Waals surface area contributed by atoms with E-state index in [0.29, 0.717) is 5.56 Å². The van der Waals surface area contributed by atoms with E-state index < -0.39 is 36.4 Å². The van der Waals surface area contributed by atoms with Crippen molar-refractivity contribution in [2.75, 3.05) is 23.9 Å². The molecule has 0 saturated carbocycles. The van der Waals surface area contributed by atoms with Crippen LogP contribution < -0.4 is 15.3 Å². The van der Waals surface area contributed by atoms with Crippen LogP contribution in [0.2, 0.25) is 0 Å². The highest BCUT2D eigenvalue weighted by molar-refractivity contribution is 14.1. The minimum absolute atomic E-state index is 0.250. The van der Waals surface area contributed by atoms with Crippen molar-refractivity contribution < 1.29 is 48.2 Å². The summed E-state index contributed by atoms with van der Waals surface area (Å²) in [6.07, 6.45) is -0.799. The Bertz CT molecular complexity index is 2010. The van der Waals surface area contributed by atoms with E-state index >= 15 is 0 Å². The van der Waals surface area contributed by atoms with Gasteiger partial charge in [-0.2, -0.15) is 0 Å². The Morgan fingerprint density at radius 2 is 0.879 bits per heavy atom. The fourth-order valence-electron chi connectivity index (χ4n) is 4.98. The Balaban J connectivity index is 0.000000252. The first-order valence-electron chi connectivity index (χ1n) is 18.5. The van der Waals surface area contributed by atoms with Gasteiger partial charge in [-0.15, -0.1) is 0 Å². The van der Waals surface area contributed by atoms with E-state index in [4.69, 9.17) is 29.0 Å². The third-order valence-electron chi connectivity index (χ3n) is 8.95. The number of rotatable bonds is 6. The molecule has 1 heterocycles. The molecule has 0 radical (unpaired) electrons. The summed E-state index contributed by atoms with van der Waals surface area (Å²) in [5, 5.41) is 17.4. The van der Waals surface area contributed by atoms with E-state index in [-0.39, 0.29) is 22.9 Å². The molecular weight excluding hydrogens is 854 g/mol. The minimum atomic E-state index is -0.948. The summed E-state index contributed by atoms with van der Waals surface area (Å²) in [6.45, 7) is 19.1. The average Bonchev–Trinajstić information content (AvgIpc) is 3.36. The highest BCUT2D eigenvalue weighted by atomic mass is 127. The fourth-order valence-corrected chi connectivity index (χ4v) is 5.34. The Hall–Kier alpha value is -4.93. The molecule has 5 rings (SSSR count). The predicted molar refractivity (Wildman–Crippen MR) is 236 cm³/mol. The number of halogens is 1. The highest BCUT2D eigenvalue weighted by Gasteiger charge is 2.51. The number of anilines is 2. The minimum Gasteiger partial charge on any atom is -0.478 e. The normalized spacial score (nSPS) is 14.1. The number of carbonyl (C=O) groups excluding carboxylic acids is 2. The standard InChI is InChI=1S/C19H21NO4.C18H28BNO4.C7H5IO2/c1-19(2,3)24-18(23)20(4)16-11-9-14(10-12-16)13-5-7-15(8-6-13)17(21)22;1-16(2,3)22-15(21)20(8)14-11-9-13(10-12-14)19-23-17(4,5)18(6,7)24-19;8-6-3-1-5(2-4-6)7(9)10/h5-12H,1-4H3,(H,21,22);9-12H,1-8H3;1-4H,(H,9,10). The summed E-state index contributed by atoms with van der Waals surface area (Å²) < 4.78 is 23.8. The number of ether oxygens (including phenoxy) is 2. The van der Waals surface area contributed by atoms with Gasteiger partial charge in [-0.1, -0.05) is 36.4 Å². The lowest BCUT2D eigenvalue weighted by atomic mass is 9.79. The SMILES string of the molecule is CN(C(=O)OC(C)(C)C)c1ccc(-c2ccc(C(=O)O)cc2)cc1.CN(C(=O)OC(C)(C)C)c1ccc(B2OC(C)(C)C(C)(C)O2)cc1.O=C(O)c1ccc(I)cc1. The van der Waals surface area contributed by atoms with Crippen LogP contribution in [0.4, 0.5) is 21.0 Å². The van der Waals surface area contributed by atoms with Crippen LogP contribution in [0.1, 0.15) is 90.0 Å². The molecule has 1 fully saturated rings. The third kappa shape index (κ3) is 13.9. The van der Waals surface area contributed by atoms with Crippen molar-refractivity contribution in [1.82, 2.24) is 0 Å². The molecule has 1 aliphatic rings. The zero-order valence-electron chi connectivity index (χ0n) is 35.2. The highest BCUT2D eigenvalue weighted by Crippen LogP contribution is 2.36. The molecule has 0 aliphatic carbocycles. The maximum atomic E-state index is 12.1. The second-order valence-corrected chi connectivity index (χ2v) is 17.7. The van der Waals surface area contributed by atoms with E-state index in [1.54, 1.807) is 62.6 Å². The third-order valence-corrected chi connectivity index (χ3v) is 9.67. The van der Waals surface area contributed by atoms with Crippen molar-refractivity contribution in [1.29, 1.82) is 0 Å². The number of amides is 2. The summed E-state index contributed by atoms with van der Waals surface area (Å²) in [6, 6.07) is 28.3. The zero-order valence-corrected chi connectivity index (χ0v) is 37.4. The van der Waals surface area contributed by atoms with Gasteiger partial charge in [0.1, 0.15) is 11.2 Å². The van der Waals surface area contributed by atoms with Gasteiger partial charge < -0.3 is 29.0 Å². The van der Waals surface area contributed by atoms with Crippen LogP contribution in [0.3, 0.4) is 0 Å². The number of nitrogens with zero attached hydrogens (tertiary/aromatic N) is 2. The molecule has 58 heavy (non-hydrogen) atoms. The van der Waals surface area contributed by atoms with Crippen molar-refractivity contribution in [2.24, 2.45) is 0 Å². The summed E-state index contributed by atoms with van der Waals surface area (Å²) in [7, 11) is 2.94. The summed E-state index contributed by atoms with van der Waals surface area (Å²) >= 11 is 2.13. The maximum absolute atomic E-state index is 12.1. The van der Waals surface area contributed by atoms with Crippen LogP contribution in [-0.2, 0) is 18.8 Å². The van der Waals surface area contributed by atoms with Crippen LogP contribution in [-0.4, -0.2) is 78.0 Å². The van der Waals surface area contributed by atoms with Crippen LogP contribution in [0.25, 0.3) is 11.1 Å². The maximum Gasteiger partial charge on any atom is 0.494 e. The monoisotopic (exact) mass is 908 g/mol. The van der Waals surface area contributed by atoms with Gasteiger partial charge in [-0.05, 0) is 169 Å². The van der Waals surface area contributed by atoms with Gasteiger partial charge in [0.25, 0.3) is 0 Å². The van der Waals surface area contributed by atoms with Gasteiger partial charge in [0.2, 0.25) is 0 Å². The van der Waals surface area contributed by atoms with Crippen molar-refractivity contribution >= 4 is 70.7 Å². The van der Waals surface area contributed by atoms with E-state index in [1.807, 2.05) is 118 Å². The number of aromatic carboxylic acids is 2. The number of hydrogen-bond donors (Lipinski definition) is 2. The largest absolute Gasteiger partial charge is 0.494 e. The van der Waals surface area contributed by atoms with Gasteiger partial charge in [-0.25, -0.2) is 19.2 Å². The van der Waals surface area contributed by atoms with Gasteiger partial charge >= 0.3 is 31.2 Å². The molecule has 0 bridgehead atoms. The quantitative estimate of drug-likeness (QED) is 0.141. The zero-order chi connectivity index (χ0) is 43.8. The Morgan fingerprint density at radius 1 is 0.569 bits per heavy atom. The first-order chi connectivity index (χ1) is 26.7. The summed E-state index contributed by atoms with van der Waals surface area (Å²) in [5.41, 5.74) is 3.02. The molecule has 14 heteroatoms. The average molecular weight is 909 g/mol. The molecule has 1 aliphatic heterocycles. The molecule has 0 spiro atoms. The van der Waals surface area contributed by atoms with Gasteiger partial charge in [0.05, 0.1) is 22.3 Å². The number of carboxylic acids is 2. The molecule has 1 saturated heterocycles. The van der Waals surface area contributed by atoms with E-state index in [0.717, 1.165) is 31.5 Å². The second-order valence-electron chi connectivity index (χ2n) is 16.5. The molecular formula is C44H54BIN2O10. The molecule has 0 unspecified atom stereocenters. The lowest BCUT2D eigenvalue weighted by Gasteiger charge is -2.32. The number of hydrogen-bond acceptors (Lipinski definition) is 8. The van der Waals surface area contributed by atoms with Crippen LogP contribution in [0.5, 0.6) is 0 Å². The molecule has 12 nitrogen and oxygen atoms in total. The predicted octanol–water partition coefficient (Wildman–Crippen LogP) is 9.77. The molecule has 2 N–H and O–H groups in total. The molecule has 0 atom stereocenters. The number of benzene rings is 4. The number of carboxylic acid groups (broad SMARTS) is 2. The van der Waals surface area contributed by atoms with Crippen molar-refractivity contribution in [3.8, 4) is 11.1 Å². The topological polar surface area (TPSA) is 152 Å². The lowest BCUT2D eigenvalue weighted by Crippen LogP contribution is -2.41. The first-order valence-corrected chi connectivity index (χ1v) is 19.6.